The third kappa shape index (κ3) is 4.78. The molecular formula is C25H25NO6S. The smallest absolute Gasteiger partial charge is 0.338 e. The Morgan fingerprint density at radius 3 is 2.85 bits per heavy atom. The highest BCUT2D eigenvalue weighted by Crippen LogP contribution is 2.37. The van der Waals surface area contributed by atoms with Crippen molar-refractivity contribution < 1.29 is 42.2 Å². The summed E-state index contributed by atoms with van der Waals surface area (Å²) in [5, 5.41) is 12.9. The Balaban J connectivity index is 1.71. The van der Waals surface area contributed by atoms with E-state index < -0.39 is 91.1 Å². The van der Waals surface area contributed by atoms with Crippen molar-refractivity contribution >= 4 is 27.4 Å². The molecule has 8 heteroatoms. The van der Waals surface area contributed by atoms with Crippen molar-refractivity contribution in [3.05, 3.63) is 70.8 Å². The summed E-state index contributed by atoms with van der Waals surface area (Å²) in [6, 6.07) is 1.07. The minimum Gasteiger partial charge on any atom is -0.493 e. The zero-order valence-electron chi connectivity index (χ0n) is 27.5. The van der Waals surface area contributed by atoms with Crippen molar-refractivity contribution in [1.82, 2.24) is 4.98 Å². The average Bonchev–Trinajstić information content (AvgIpc) is 3.59. The number of aliphatic hydroxyl groups excluding tert-OH is 1. The second kappa shape index (κ2) is 10.2. The molecule has 2 aromatic carbocycles. The van der Waals surface area contributed by atoms with Crippen molar-refractivity contribution in [2.45, 2.75) is 25.5 Å². The van der Waals surface area contributed by atoms with Crippen LogP contribution in [0.1, 0.15) is 36.8 Å². The van der Waals surface area contributed by atoms with E-state index in [1.54, 1.807) is 11.4 Å². The fourth-order valence-corrected chi connectivity index (χ4v) is 4.09. The SMILES string of the molecule is [2H]c1c([2H])c([2H])c(-c2nc(CC([2H])([2H])Oc3ccc(C(O)C(OC)C(=O)OC)c4sccc34)c(C([2H])([2H])[2H])o2)c([2H])c1[2H]. The van der Waals surface area contributed by atoms with E-state index >= 15 is 0 Å². The molecule has 0 aliphatic carbocycles. The Bertz CT molecular complexity index is 1660. The second-order valence-electron chi connectivity index (χ2n) is 6.66. The molecule has 0 amide bonds. The molecule has 0 aliphatic heterocycles. The molecule has 0 spiro atoms. The number of fused-ring (bicyclic) bond motifs is 1. The molecule has 2 unspecified atom stereocenters. The highest BCUT2D eigenvalue weighted by molar-refractivity contribution is 7.17. The number of hydrogen-bond acceptors (Lipinski definition) is 8. The number of nitrogens with zero attached hydrogens (tertiary/aromatic N) is 1. The third-order valence-corrected chi connectivity index (χ3v) is 5.70. The van der Waals surface area contributed by atoms with Gasteiger partial charge in [0.1, 0.15) is 17.6 Å². The lowest BCUT2D eigenvalue weighted by atomic mass is 10.0. The minimum absolute atomic E-state index is 0.0361. The fraction of sp³-hybridized carbons (Fsp3) is 0.280. The summed E-state index contributed by atoms with van der Waals surface area (Å²) in [5.74, 6) is -2.06. The molecule has 4 aromatic rings. The Hall–Kier alpha value is -3.20. The summed E-state index contributed by atoms with van der Waals surface area (Å²) >= 11 is 1.19. The number of aliphatic hydroxyl groups is 1. The molecule has 33 heavy (non-hydrogen) atoms. The fourth-order valence-electron chi connectivity index (χ4n) is 3.13. The van der Waals surface area contributed by atoms with Gasteiger partial charge in [-0.3, -0.25) is 0 Å². The lowest BCUT2D eigenvalue weighted by Crippen LogP contribution is -2.31. The topological polar surface area (TPSA) is 91.0 Å². The molecule has 7 nitrogen and oxygen atoms in total. The number of ether oxygens (including phenoxy) is 3. The molecule has 1 N–H and O–H groups in total. The first-order chi connectivity index (χ1) is 20.0. The molecular weight excluding hydrogens is 442 g/mol. The maximum absolute atomic E-state index is 12.1. The number of carbonyl (C=O) groups is 1. The summed E-state index contributed by atoms with van der Waals surface area (Å²) in [6.07, 6.45) is -3.50. The normalized spacial score (nSPS) is 18.3. The minimum atomic E-state index is -2.93. The van der Waals surface area contributed by atoms with Gasteiger partial charge in [0.15, 0.2) is 6.10 Å². The first-order valence-electron chi connectivity index (χ1n) is 14.6. The van der Waals surface area contributed by atoms with Gasteiger partial charge in [-0.2, -0.15) is 0 Å². The van der Waals surface area contributed by atoms with Crippen LogP contribution in [0.2, 0.25) is 0 Å². The summed E-state index contributed by atoms with van der Waals surface area (Å²) < 4.78 is 102. The molecule has 2 atom stereocenters. The maximum atomic E-state index is 12.1. The lowest BCUT2D eigenvalue weighted by Gasteiger charge is -2.20. The van der Waals surface area contributed by atoms with Gasteiger partial charge < -0.3 is 23.7 Å². The van der Waals surface area contributed by atoms with E-state index in [-0.39, 0.29) is 5.75 Å². The first kappa shape index (κ1) is 13.5. The van der Waals surface area contributed by atoms with Crippen molar-refractivity contribution in [2.75, 3.05) is 20.8 Å². The van der Waals surface area contributed by atoms with E-state index in [0.29, 0.717) is 15.6 Å². The van der Waals surface area contributed by atoms with Gasteiger partial charge in [0.2, 0.25) is 5.89 Å². The van der Waals surface area contributed by atoms with Crippen LogP contribution < -0.4 is 4.74 Å². The Morgan fingerprint density at radius 2 is 2.12 bits per heavy atom. The highest BCUT2D eigenvalue weighted by atomic mass is 32.1. The Kier molecular flexibility index (Phi) is 4.16. The molecule has 0 saturated heterocycles. The molecule has 0 radical (unpaired) electrons. The van der Waals surface area contributed by atoms with Gasteiger partial charge in [0.05, 0.1) is 29.0 Å². The van der Waals surface area contributed by atoms with E-state index in [9.17, 15) is 9.90 Å². The third-order valence-electron chi connectivity index (χ3n) is 4.73. The number of rotatable bonds is 9. The number of thiophene rings is 1. The highest BCUT2D eigenvalue weighted by Gasteiger charge is 2.30. The van der Waals surface area contributed by atoms with Crippen LogP contribution in [-0.4, -0.2) is 42.9 Å². The quantitative estimate of drug-likeness (QED) is 0.349. The molecule has 172 valence electrons. The Morgan fingerprint density at radius 1 is 1.30 bits per heavy atom. The predicted molar refractivity (Wildman–Crippen MR) is 125 cm³/mol. The van der Waals surface area contributed by atoms with Gasteiger partial charge in [-0.15, -0.1) is 11.3 Å². The van der Waals surface area contributed by atoms with Crippen LogP contribution in [-0.2, 0) is 20.7 Å². The Labute approximate surface area is 209 Å². The number of aromatic nitrogens is 1. The summed E-state index contributed by atoms with van der Waals surface area (Å²) in [6.45, 7) is -5.52. The summed E-state index contributed by atoms with van der Waals surface area (Å²) in [7, 11) is 2.39. The predicted octanol–water partition coefficient (Wildman–Crippen LogP) is 4.71. The van der Waals surface area contributed by atoms with Crippen LogP contribution in [0.25, 0.3) is 21.5 Å². The van der Waals surface area contributed by atoms with E-state index in [4.69, 9.17) is 27.6 Å². The van der Waals surface area contributed by atoms with Crippen LogP contribution >= 0.6 is 11.3 Å². The van der Waals surface area contributed by atoms with Crippen molar-refractivity contribution in [3.8, 4) is 17.2 Å². The molecule has 4 rings (SSSR count). The number of methoxy groups -OCH3 is 2. The maximum Gasteiger partial charge on any atom is 0.338 e. The largest absolute Gasteiger partial charge is 0.493 e. The van der Waals surface area contributed by atoms with Crippen molar-refractivity contribution in [1.29, 1.82) is 0 Å². The molecule has 0 saturated carbocycles. The van der Waals surface area contributed by atoms with Gasteiger partial charge in [-0.1, -0.05) is 24.2 Å². The number of hydrogen-bond donors (Lipinski definition) is 1. The number of benzene rings is 2. The number of carbonyl (C=O) groups excluding carboxylic acids is 1. The lowest BCUT2D eigenvalue weighted by molar-refractivity contribution is -0.159. The van der Waals surface area contributed by atoms with Crippen LogP contribution in [0, 0.1) is 6.85 Å². The van der Waals surface area contributed by atoms with E-state index in [0.717, 1.165) is 7.11 Å². The van der Waals surface area contributed by atoms with Crippen LogP contribution in [0.3, 0.4) is 0 Å². The summed E-state index contributed by atoms with van der Waals surface area (Å²) in [5.41, 5.74) is -0.569. The monoisotopic (exact) mass is 477 g/mol. The van der Waals surface area contributed by atoms with E-state index in [1.807, 2.05) is 0 Å². The van der Waals surface area contributed by atoms with Gasteiger partial charge in [0.25, 0.3) is 0 Å². The molecule has 0 fully saturated rings. The molecule has 0 aliphatic rings. The van der Waals surface area contributed by atoms with Gasteiger partial charge >= 0.3 is 5.97 Å². The average molecular weight is 478 g/mol. The first-order valence-corrected chi connectivity index (χ1v) is 10.5. The standard InChI is InChI=1S/C25H25NO6S/c1-15-19(26-24(32-15)16-7-5-4-6-8-16)11-13-31-20-10-9-18(23-17(20)12-14-33-23)21(27)22(29-2)25(28)30-3/h4-10,12,14,21-22,27H,11,13H2,1-3H3/i1D3,4D,5D,6D,7D,8D,13D2. The van der Waals surface area contributed by atoms with E-state index in [1.165, 1.54) is 30.6 Å². The van der Waals surface area contributed by atoms with E-state index in [2.05, 4.69) is 9.72 Å². The van der Waals surface area contributed by atoms with Gasteiger partial charge in [0, 0.05) is 38.9 Å². The molecule has 2 aromatic heterocycles. The van der Waals surface area contributed by atoms with Crippen molar-refractivity contribution in [2.24, 2.45) is 0 Å². The number of oxazole rings is 1. The molecule has 0 bridgehead atoms. The zero-order valence-corrected chi connectivity index (χ0v) is 18.3. The number of esters is 1. The molecule has 2 heterocycles. The summed E-state index contributed by atoms with van der Waals surface area (Å²) in [4.78, 5) is 16.1. The number of aryl methyl sites for hydroxylation is 2. The second-order valence-corrected chi connectivity index (χ2v) is 7.57. The van der Waals surface area contributed by atoms with Crippen LogP contribution in [0.4, 0.5) is 0 Å². The van der Waals surface area contributed by atoms with Crippen LogP contribution in [0.15, 0.2) is 58.2 Å². The van der Waals surface area contributed by atoms with Gasteiger partial charge in [-0.05, 0) is 36.4 Å². The van der Waals surface area contributed by atoms with Crippen LogP contribution in [0.5, 0.6) is 5.75 Å². The van der Waals surface area contributed by atoms with Gasteiger partial charge in [-0.25, -0.2) is 9.78 Å². The van der Waals surface area contributed by atoms with Crippen molar-refractivity contribution in [3.63, 3.8) is 0 Å². The zero-order chi connectivity index (χ0) is 32.0.